The summed E-state index contributed by atoms with van der Waals surface area (Å²) in [7, 11) is 3.97. The van der Waals surface area contributed by atoms with Crippen LogP contribution in [0.5, 0.6) is 0 Å². The van der Waals surface area contributed by atoms with Crippen molar-refractivity contribution >= 4 is 17.3 Å². The van der Waals surface area contributed by atoms with Gasteiger partial charge in [0, 0.05) is 25.5 Å². The number of ether oxygens (including phenoxy) is 1. The Hall–Kier alpha value is -2.33. The van der Waals surface area contributed by atoms with Crippen molar-refractivity contribution in [1.82, 2.24) is 0 Å². The van der Waals surface area contributed by atoms with Gasteiger partial charge in [0.25, 0.3) is 5.91 Å². The molecule has 114 valence electrons. The van der Waals surface area contributed by atoms with Crippen molar-refractivity contribution in [3.63, 3.8) is 0 Å². The van der Waals surface area contributed by atoms with Gasteiger partial charge in [-0.3, -0.25) is 4.79 Å². The number of nitrogens with one attached hydrogen (secondary N) is 1. The van der Waals surface area contributed by atoms with Crippen molar-refractivity contribution in [3.05, 3.63) is 60.2 Å². The number of carbonyl (C=O) groups excluding carboxylic acids is 1. The van der Waals surface area contributed by atoms with E-state index in [0.29, 0.717) is 0 Å². The first-order valence-electron chi connectivity index (χ1n) is 7.32. The standard InChI is InChI=1S/C18H20N2O2/c1-18(16(22-18)13-7-5-4-6-8-13)17(21)19-14-9-11-15(12-10-14)20(2)3/h4-12,16H,1-3H3,(H,19,21)/t16-,18+/m0/s1. The molecule has 0 unspecified atom stereocenters. The first-order valence-corrected chi connectivity index (χ1v) is 7.32. The molecule has 2 aromatic rings. The summed E-state index contributed by atoms with van der Waals surface area (Å²) >= 11 is 0. The van der Waals surface area contributed by atoms with Crippen LogP contribution in [-0.4, -0.2) is 25.6 Å². The molecule has 1 fully saturated rings. The molecule has 0 aromatic heterocycles. The maximum Gasteiger partial charge on any atom is 0.259 e. The number of benzene rings is 2. The Labute approximate surface area is 130 Å². The second-order valence-electron chi connectivity index (χ2n) is 5.91. The van der Waals surface area contributed by atoms with Crippen LogP contribution in [0.25, 0.3) is 0 Å². The molecule has 1 aliphatic rings. The minimum Gasteiger partial charge on any atom is -0.378 e. The minimum absolute atomic E-state index is 0.112. The van der Waals surface area contributed by atoms with Crippen LogP contribution in [0.4, 0.5) is 11.4 Å². The maximum atomic E-state index is 12.5. The molecule has 0 radical (unpaired) electrons. The van der Waals surface area contributed by atoms with E-state index >= 15 is 0 Å². The predicted octanol–water partition coefficient (Wildman–Crippen LogP) is 3.22. The van der Waals surface area contributed by atoms with Crippen LogP contribution in [-0.2, 0) is 9.53 Å². The molecule has 0 spiro atoms. The van der Waals surface area contributed by atoms with Crippen molar-refractivity contribution in [2.24, 2.45) is 0 Å². The summed E-state index contributed by atoms with van der Waals surface area (Å²) in [6, 6.07) is 17.6. The minimum atomic E-state index is -0.790. The summed E-state index contributed by atoms with van der Waals surface area (Å²) in [5, 5.41) is 2.93. The molecule has 0 bridgehead atoms. The quantitative estimate of drug-likeness (QED) is 0.881. The number of carbonyl (C=O) groups is 1. The monoisotopic (exact) mass is 296 g/mol. The third-order valence-corrected chi connectivity index (χ3v) is 4.00. The Bertz CT molecular complexity index is 667. The Balaban J connectivity index is 1.68. The Morgan fingerprint density at radius 2 is 1.73 bits per heavy atom. The lowest BCUT2D eigenvalue weighted by molar-refractivity contribution is -0.120. The molecule has 4 nitrogen and oxygen atoms in total. The molecule has 1 aliphatic heterocycles. The highest BCUT2D eigenvalue weighted by atomic mass is 16.6. The number of nitrogens with zero attached hydrogens (tertiary/aromatic N) is 1. The van der Waals surface area contributed by atoms with Crippen molar-refractivity contribution in [3.8, 4) is 0 Å². The molecular weight excluding hydrogens is 276 g/mol. The van der Waals surface area contributed by atoms with Crippen molar-refractivity contribution in [1.29, 1.82) is 0 Å². The van der Waals surface area contributed by atoms with Crippen LogP contribution >= 0.6 is 0 Å². The molecule has 1 amide bonds. The molecule has 22 heavy (non-hydrogen) atoms. The molecule has 3 rings (SSSR count). The zero-order valence-corrected chi connectivity index (χ0v) is 13.0. The van der Waals surface area contributed by atoms with Crippen molar-refractivity contribution in [2.45, 2.75) is 18.6 Å². The number of hydrogen-bond donors (Lipinski definition) is 1. The summed E-state index contributed by atoms with van der Waals surface area (Å²) in [6.07, 6.45) is -0.172. The average molecular weight is 296 g/mol. The van der Waals surface area contributed by atoms with E-state index in [1.54, 1.807) is 0 Å². The van der Waals surface area contributed by atoms with Crippen LogP contribution in [0, 0.1) is 0 Å². The fourth-order valence-electron chi connectivity index (χ4n) is 2.50. The molecule has 1 N–H and O–H groups in total. The van der Waals surface area contributed by atoms with Crippen LogP contribution in [0.3, 0.4) is 0 Å². The van der Waals surface area contributed by atoms with E-state index in [1.165, 1.54) is 0 Å². The van der Waals surface area contributed by atoms with E-state index in [4.69, 9.17) is 4.74 Å². The average Bonchev–Trinajstić information content (AvgIpc) is 3.22. The lowest BCUT2D eigenvalue weighted by Crippen LogP contribution is -2.28. The van der Waals surface area contributed by atoms with E-state index in [-0.39, 0.29) is 12.0 Å². The number of hydrogen-bond acceptors (Lipinski definition) is 3. The van der Waals surface area contributed by atoms with Gasteiger partial charge in [0.05, 0.1) is 0 Å². The van der Waals surface area contributed by atoms with Gasteiger partial charge < -0.3 is 15.0 Å². The van der Waals surface area contributed by atoms with E-state index in [1.807, 2.05) is 80.5 Å². The SMILES string of the molecule is CN(C)c1ccc(NC(=O)[C@]2(C)O[C@H]2c2ccccc2)cc1. The van der Waals surface area contributed by atoms with Gasteiger partial charge in [-0.15, -0.1) is 0 Å². The number of amides is 1. The van der Waals surface area contributed by atoms with Crippen LogP contribution in [0.2, 0.25) is 0 Å². The topological polar surface area (TPSA) is 44.9 Å². The molecule has 1 heterocycles. The lowest BCUT2D eigenvalue weighted by atomic mass is 10.0. The zero-order chi connectivity index (χ0) is 15.7. The third kappa shape index (κ3) is 2.70. The van der Waals surface area contributed by atoms with Crippen molar-refractivity contribution < 1.29 is 9.53 Å². The predicted molar refractivity (Wildman–Crippen MR) is 88.1 cm³/mol. The van der Waals surface area contributed by atoms with Crippen LogP contribution in [0.15, 0.2) is 54.6 Å². The van der Waals surface area contributed by atoms with Gasteiger partial charge in [0.1, 0.15) is 6.10 Å². The van der Waals surface area contributed by atoms with E-state index in [9.17, 15) is 4.79 Å². The Kier molecular flexibility index (Phi) is 3.62. The van der Waals surface area contributed by atoms with Gasteiger partial charge in [-0.25, -0.2) is 0 Å². The summed E-state index contributed by atoms with van der Waals surface area (Å²) in [6.45, 7) is 1.83. The lowest BCUT2D eigenvalue weighted by Gasteiger charge is -2.13. The van der Waals surface area contributed by atoms with Crippen LogP contribution < -0.4 is 10.2 Å². The highest BCUT2D eigenvalue weighted by molar-refractivity contribution is 5.99. The fourth-order valence-corrected chi connectivity index (χ4v) is 2.50. The second kappa shape index (κ2) is 5.46. The summed E-state index contributed by atoms with van der Waals surface area (Å²) in [5.41, 5.74) is 2.11. The molecule has 2 aromatic carbocycles. The highest BCUT2D eigenvalue weighted by Gasteiger charge is 2.59. The molecule has 0 aliphatic carbocycles. The number of anilines is 2. The molecular formula is C18H20N2O2. The Morgan fingerprint density at radius 3 is 2.32 bits per heavy atom. The van der Waals surface area contributed by atoms with Crippen LogP contribution in [0.1, 0.15) is 18.6 Å². The zero-order valence-electron chi connectivity index (χ0n) is 13.0. The van der Waals surface area contributed by atoms with Gasteiger partial charge in [0.2, 0.25) is 0 Å². The molecule has 1 saturated heterocycles. The summed E-state index contributed by atoms with van der Waals surface area (Å²) in [4.78, 5) is 14.5. The van der Waals surface area contributed by atoms with Gasteiger partial charge in [-0.1, -0.05) is 30.3 Å². The second-order valence-corrected chi connectivity index (χ2v) is 5.91. The summed E-state index contributed by atoms with van der Waals surface area (Å²) < 4.78 is 5.67. The normalized spacial score (nSPS) is 23.0. The molecule has 0 saturated carbocycles. The fraction of sp³-hybridized carbons (Fsp3) is 0.278. The maximum absolute atomic E-state index is 12.5. The highest BCUT2D eigenvalue weighted by Crippen LogP contribution is 2.49. The molecule has 2 atom stereocenters. The van der Waals surface area contributed by atoms with E-state index in [0.717, 1.165) is 16.9 Å². The number of epoxide rings is 1. The Morgan fingerprint density at radius 1 is 1.09 bits per heavy atom. The summed E-state index contributed by atoms with van der Waals surface area (Å²) in [5.74, 6) is -0.112. The van der Waals surface area contributed by atoms with Gasteiger partial charge >= 0.3 is 0 Å². The van der Waals surface area contributed by atoms with Gasteiger partial charge in [-0.2, -0.15) is 0 Å². The van der Waals surface area contributed by atoms with Gasteiger partial charge in [-0.05, 0) is 36.8 Å². The van der Waals surface area contributed by atoms with E-state index in [2.05, 4.69) is 5.32 Å². The van der Waals surface area contributed by atoms with Crippen molar-refractivity contribution in [2.75, 3.05) is 24.3 Å². The molecule has 4 heteroatoms. The first-order chi connectivity index (χ1) is 10.5. The largest absolute Gasteiger partial charge is 0.378 e. The smallest absolute Gasteiger partial charge is 0.259 e. The van der Waals surface area contributed by atoms with Gasteiger partial charge in [0.15, 0.2) is 5.60 Å². The van der Waals surface area contributed by atoms with E-state index < -0.39 is 5.60 Å². The number of rotatable bonds is 4. The first kappa shape index (κ1) is 14.6. The third-order valence-electron chi connectivity index (χ3n) is 4.00.